The minimum atomic E-state index is -3.95. The summed E-state index contributed by atoms with van der Waals surface area (Å²) in [4.78, 5) is 10.6. The van der Waals surface area contributed by atoms with Crippen molar-refractivity contribution in [3.8, 4) is 0 Å². The minimum Gasteiger partial charge on any atom is -0.268 e. The van der Waals surface area contributed by atoms with Crippen molar-refractivity contribution in [2.75, 3.05) is 0 Å². The van der Waals surface area contributed by atoms with Crippen molar-refractivity contribution in [1.29, 1.82) is 0 Å². The molecule has 0 aromatic heterocycles. The third-order valence-electron chi connectivity index (χ3n) is 1.47. The molecule has 1 aromatic rings. The van der Waals surface area contributed by atoms with Crippen LogP contribution in [0.2, 0.25) is 0 Å². The first-order valence-corrected chi connectivity index (χ1v) is 5.38. The Morgan fingerprint density at radius 2 is 1.93 bits per heavy atom. The molecule has 0 heterocycles. The summed E-state index contributed by atoms with van der Waals surface area (Å²) in [5, 5.41) is 0. The third-order valence-corrected chi connectivity index (χ3v) is 2.62. The van der Waals surface area contributed by atoms with E-state index in [-0.39, 0.29) is 4.90 Å². The zero-order valence-electron chi connectivity index (χ0n) is 7.71. The van der Waals surface area contributed by atoms with E-state index < -0.39 is 16.0 Å². The lowest BCUT2D eigenvalue weighted by Gasteiger charge is -2.03. The standard InChI is InChI=1S/C9H9NO4S/c1-2-9(11)10-14-15(12,13)8-6-4-3-5-7-8/h2-7H,1H2,(H,10,11). The van der Waals surface area contributed by atoms with E-state index in [0.717, 1.165) is 6.08 Å². The Balaban J connectivity index is 2.77. The van der Waals surface area contributed by atoms with Crippen LogP contribution < -0.4 is 5.48 Å². The zero-order valence-corrected chi connectivity index (χ0v) is 8.53. The molecule has 0 saturated heterocycles. The number of nitrogens with one attached hydrogen (secondary N) is 1. The first-order valence-electron chi connectivity index (χ1n) is 3.97. The molecule has 5 nitrogen and oxygen atoms in total. The maximum Gasteiger partial charge on any atom is 0.317 e. The molecule has 1 rings (SSSR count). The van der Waals surface area contributed by atoms with E-state index in [1.54, 1.807) is 23.7 Å². The summed E-state index contributed by atoms with van der Waals surface area (Å²) in [6.07, 6.45) is 0.903. The monoisotopic (exact) mass is 227 g/mol. The molecule has 0 unspecified atom stereocenters. The quantitative estimate of drug-likeness (QED) is 0.604. The Kier molecular flexibility index (Phi) is 3.59. The highest BCUT2D eigenvalue weighted by atomic mass is 32.2. The van der Waals surface area contributed by atoms with Crippen molar-refractivity contribution < 1.29 is 17.5 Å². The Bertz CT molecular complexity index is 452. The predicted octanol–water partition coefficient (Wildman–Crippen LogP) is 0.609. The van der Waals surface area contributed by atoms with Gasteiger partial charge in [0.15, 0.2) is 0 Å². The number of rotatable bonds is 4. The van der Waals surface area contributed by atoms with Gasteiger partial charge in [0.25, 0.3) is 5.91 Å². The normalized spacial score (nSPS) is 10.7. The van der Waals surface area contributed by atoms with Crippen LogP contribution in [-0.2, 0) is 19.2 Å². The molecule has 0 fully saturated rings. The molecule has 0 bridgehead atoms. The highest BCUT2D eigenvalue weighted by molar-refractivity contribution is 7.86. The van der Waals surface area contributed by atoms with Gasteiger partial charge >= 0.3 is 10.1 Å². The lowest BCUT2D eigenvalue weighted by molar-refractivity contribution is -0.122. The van der Waals surface area contributed by atoms with Gasteiger partial charge in [-0.3, -0.25) is 4.79 Å². The number of amides is 1. The second-order valence-corrected chi connectivity index (χ2v) is 4.07. The lowest BCUT2D eigenvalue weighted by Crippen LogP contribution is -2.25. The summed E-state index contributed by atoms with van der Waals surface area (Å²) < 4.78 is 27.0. The molecule has 1 N–H and O–H groups in total. The van der Waals surface area contributed by atoms with Crippen LogP contribution in [0.25, 0.3) is 0 Å². The highest BCUT2D eigenvalue weighted by Gasteiger charge is 2.15. The summed E-state index contributed by atoms with van der Waals surface area (Å²) in [6.45, 7) is 3.15. The first kappa shape index (κ1) is 11.4. The van der Waals surface area contributed by atoms with Gasteiger partial charge < -0.3 is 0 Å². The average Bonchev–Trinajstić information content (AvgIpc) is 2.27. The van der Waals surface area contributed by atoms with Crippen molar-refractivity contribution in [3.05, 3.63) is 43.0 Å². The predicted molar refractivity (Wildman–Crippen MR) is 53.1 cm³/mol. The van der Waals surface area contributed by atoms with Crippen LogP contribution >= 0.6 is 0 Å². The number of benzene rings is 1. The Labute approximate surface area is 87.4 Å². The molecule has 1 aromatic carbocycles. The van der Waals surface area contributed by atoms with Crippen molar-refractivity contribution in [2.45, 2.75) is 4.90 Å². The van der Waals surface area contributed by atoms with Crippen molar-refractivity contribution in [1.82, 2.24) is 5.48 Å². The molecular formula is C9H9NO4S. The Morgan fingerprint density at radius 1 is 1.33 bits per heavy atom. The Morgan fingerprint density at radius 3 is 2.47 bits per heavy atom. The topological polar surface area (TPSA) is 72.5 Å². The minimum absolute atomic E-state index is 0.0330. The van der Waals surface area contributed by atoms with Crippen LogP contribution in [0.4, 0.5) is 0 Å². The smallest absolute Gasteiger partial charge is 0.268 e. The van der Waals surface area contributed by atoms with Gasteiger partial charge in [-0.2, -0.15) is 8.42 Å². The molecule has 0 aliphatic carbocycles. The summed E-state index contributed by atoms with van der Waals surface area (Å²) in [6, 6.07) is 7.48. The maximum absolute atomic E-state index is 11.4. The van der Waals surface area contributed by atoms with Gasteiger partial charge in [0.05, 0.1) is 4.90 Å². The number of carbonyl (C=O) groups is 1. The van der Waals surface area contributed by atoms with E-state index in [1.165, 1.54) is 12.1 Å². The van der Waals surface area contributed by atoms with Crippen LogP contribution in [0.15, 0.2) is 47.9 Å². The number of hydrogen-bond donors (Lipinski definition) is 1. The van der Waals surface area contributed by atoms with Crippen molar-refractivity contribution >= 4 is 16.0 Å². The van der Waals surface area contributed by atoms with Crippen LogP contribution in [0.5, 0.6) is 0 Å². The largest absolute Gasteiger partial charge is 0.317 e. The lowest BCUT2D eigenvalue weighted by atomic mass is 10.4. The number of hydroxylamine groups is 1. The molecule has 0 atom stereocenters. The SMILES string of the molecule is C=CC(=O)NOS(=O)(=O)c1ccccc1. The van der Waals surface area contributed by atoms with Crippen LogP contribution in [0.3, 0.4) is 0 Å². The highest BCUT2D eigenvalue weighted by Crippen LogP contribution is 2.09. The fourth-order valence-corrected chi connectivity index (χ4v) is 1.55. The van der Waals surface area contributed by atoms with Gasteiger partial charge in [0.1, 0.15) is 0 Å². The summed E-state index contributed by atoms with van der Waals surface area (Å²) >= 11 is 0. The van der Waals surface area contributed by atoms with Crippen LogP contribution in [0.1, 0.15) is 0 Å². The molecule has 0 spiro atoms. The first-order chi connectivity index (χ1) is 7.06. The van der Waals surface area contributed by atoms with E-state index >= 15 is 0 Å². The van der Waals surface area contributed by atoms with E-state index in [1.807, 2.05) is 0 Å². The molecule has 6 heteroatoms. The van der Waals surface area contributed by atoms with Crippen molar-refractivity contribution in [2.24, 2.45) is 0 Å². The Hall–Kier alpha value is -1.66. The van der Waals surface area contributed by atoms with Gasteiger partial charge in [-0.15, -0.1) is 4.28 Å². The summed E-state index contributed by atoms with van der Waals surface area (Å²) in [7, 11) is -3.95. The van der Waals surface area contributed by atoms with Crippen LogP contribution in [0, 0.1) is 0 Å². The van der Waals surface area contributed by atoms with Gasteiger partial charge in [-0.05, 0) is 18.2 Å². The fourth-order valence-electron chi connectivity index (χ4n) is 0.773. The number of carbonyl (C=O) groups excluding carboxylic acids is 1. The second kappa shape index (κ2) is 4.72. The molecule has 0 aliphatic rings. The van der Waals surface area contributed by atoms with Gasteiger partial charge in [-0.25, -0.2) is 5.48 Å². The molecular weight excluding hydrogens is 218 g/mol. The molecule has 80 valence electrons. The summed E-state index contributed by atoms with van der Waals surface area (Å²) in [5.41, 5.74) is 1.73. The van der Waals surface area contributed by atoms with Crippen LogP contribution in [-0.4, -0.2) is 14.3 Å². The van der Waals surface area contributed by atoms with Gasteiger partial charge in [0, 0.05) is 0 Å². The maximum atomic E-state index is 11.4. The fraction of sp³-hybridized carbons (Fsp3) is 0. The molecule has 0 saturated carbocycles. The van der Waals surface area contributed by atoms with E-state index in [0.29, 0.717) is 0 Å². The van der Waals surface area contributed by atoms with E-state index in [4.69, 9.17) is 0 Å². The number of hydrogen-bond acceptors (Lipinski definition) is 4. The summed E-state index contributed by atoms with van der Waals surface area (Å²) in [5.74, 6) is -0.727. The third kappa shape index (κ3) is 3.19. The van der Waals surface area contributed by atoms with Crippen molar-refractivity contribution in [3.63, 3.8) is 0 Å². The zero-order chi connectivity index (χ0) is 11.3. The van der Waals surface area contributed by atoms with Gasteiger partial charge in [-0.1, -0.05) is 24.8 Å². The second-order valence-electron chi connectivity index (χ2n) is 2.52. The molecule has 0 radical (unpaired) electrons. The molecule has 0 aliphatic heterocycles. The molecule has 15 heavy (non-hydrogen) atoms. The van der Waals surface area contributed by atoms with E-state index in [9.17, 15) is 13.2 Å². The average molecular weight is 227 g/mol. The van der Waals surface area contributed by atoms with Gasteiger partial charge in [0.2, 0.25) is 0 Å². The van der Waals surface area contributed by atoms with E-state index in [2.05, 4.69) is 10.9 Å². The molecule has 1 amide bonds.